The van der Waals surface area contributed by atoms with Crippen LogP contribution in [0.4, 0.5) is 0 Å². The number of H-pyrrole nitrogens is 1. The number of hydrogen-bond donors (Lipinski definition) is 1. The van der Waals surface area contributed by atoms with Crippen molar-refractivity contribution >= 4 is 23.2 Å². The van der Waals surface area contributed by atoms with Crippen molar-refractivity contribution in [1.29, 1.82) is 0 Å². The summed E-state index contributed by atoms with van der Waals surface area (Å²) in [6.45, 7) is 0. The lowest BCUT2D eigenvalue weighted by Gasteiger charge is -2.01. The van der Waals surface area contributed by atoms with E-state index in [2.05, 4.69) is 9.97 Å². The molecule has 0 atom stereocenters. The van der Waals surface area contributed by atoms with Gasteiger partial charge in [-0.05, 0) is 30.2 Å². The molecule has 1 aromatic carbocycles. The number of halogens is 2. The Bertz CT molecular complexity index is 418. The van der Waals surface area contributed by atoms with Crippen LogP contribution in [0.2, 0.25) is 10.0 Å². The molecule has 15 heavy (non-hydrogen) atoms. The maximum Gasteiger partial charge on any atom is 0.106 e. The summed E-state index contributed by atoms with van der Waals surface area (Å²) in [6, 6.07) is 5.59. The SMILES string of the molecule is Clc1cc(Cl)cc(CCc2ncc[nH]2)c1. The molecular weight excluding hydrogens is 231 g/mol. The highest BCUT2D eigenvalue weighted by atomic mass is 35.5. The van der Waals surface area contributed by atoms with E-state index >= 15 is 0 Å². The van der Waals surface area contributed by atoms with Crippen LogP contribution in [0.5, 0.6) is 0 Å². The number of aromatic nitrogens is 2. The van der Waals surface area contributed by atoms with Crippen LogP contribution in [0.25, 0.3) is 0 Å². The average molecular weight is 241 g/mol. The molecule has 2 rings (SSSR count). The molecule has 4 heteroatoms. The number of nitrogens with one attached hydrogen (secondary N) is 1. The van der Waals surface area contributed by atoms with E-state index < -0.39 is 0 Å². The quantitative estimate of drug-likeness (QED) is 0.875. The third kappa shape index (κ3) is 2.98. The molecule has 0 saturated heterocycles. The Morgan fingerprint density at radius 3 is 2.40 bits per heavy atom. The van der Waals surface area contributed by atoms with Gasteiger partial charge in [0.05, 0.1) is 0 Å². The summed E-state index contributed by atoms with van der Waals surface area (Å²) in [5, 5.41) is 1.36. The minimum Gasteiger partial charge on any atom is -0.349 e. The number of imidazole rings is 1. The maximum absolute atomic E-state index is 5.90. The van der Waals surface area contributed by atoms with Crippen molar-refractivity contribution in [3.8, 4) is 0 Å². The highest BCUT2D eigenvalue weighted by Crippen LogP contribution is 2.19. The molecule has 0 radical (unpaired) electrons. The zero-order valence-electron chi connectivity index (χ0n) is 8.00. The number of hydrogen-bond acceptors (Lipinski definition) is 1. The van der Waals surface area contributed by atoms with Gasteiger partial charge < -0.3 is 4.98 Å². The fourth-order valence-electron chi connectivity index (χ4n) is 1.45. The Labute approximate surface area is 98.3 Å². The second-order valence-corrected chi connectivity index (χ2v) is 4.19. The van der Waals surface area contributed by atoms with E-state index in [0.717, 1.165) is 24.2 Å². The Morgan fingerprint density at radius 2 is 1.80 bits per heavy atom. The highest BCUT2D eigenvalue weighted by molar-refractivity contribution is 6.34. The van der Waals surface area contributed by atoms with E-state index in [9.17, 15) is 0 Å². The fraction of sp³-hybridized carbons (Fsp3) is 0.182. The summed E-state index contributed by atoms with van der Waals surface area (Å²) < 4.78 is 0. The highest BCUT2D eigenvalue weighted by Gasteiger charge is 2.00. The predicted octanol–water partition coefficient (Wildman–Crippen LogP) is 3.50. The van der Waals surface area contributed by atoms with Crippen molar-refractivity contribution in [3.05, 3.63) is 52.0 Å². The Kier molecular flexibility index (Phi) is 3.29. The van der Waals surface area contributed by atoms with E-state index in [1.807, 2.05) is 18.3 Å². The Balaban J connectivity index is 2.05. The van der Waals surface area contributed by atoms with Crippen molar-refractivity contribution in [2.24, 2.45) is 0 Å². The van der Waals surface area contributed by atoms with Gasteiger partial charge in [0.2, 0.25) is 0 Å². The fourth-order valence-corrected chi connectivity index (χ4v) is 2.02. The first-order valence-corrected chi connectivity index (χ1v) is 5.43. The van der Waals surface area contributed by atoms with Crippen molar-refractivity contribution < 1.29 is 0 Å². The molecule has 78 valence electrons. The van der Waals surface area contributed by atoms with Crippen molar-refractivity contribution in [3.63, 3.8) is 0 Å². The molecule has 0 unspecified atom stereocenters. The van der Waals surface area contributed by atoms with Gasteiger partial charge in [-0.2, -0.15) is 0 Å². The predicted molar refractivity (Wildman–Crippen MR) is 62.5 cm³/mol. The largest absolute Gasteiger partial charge is 0.349 e. The lowest BCUT2D eigenvalue weighted by Crippen LogP contribution is -1.93. The summed E-state index contributed by atoms with van der Waals surface area (Å²) in [5.74, 6) is 0.978. The zero-order valence-corrected chi connectivity index (χ0v) is 9.52. The van der Waals surface area contributed by atoms with Crippen molar-refractivity contribution in [2.75, 3.05) is 0 Å². The smallest absolute Gasteiger partial charge is 0.106 e. The monoisotopic (exact) mass is 240 g/mol. The van der Waals surface area contributed by atoms with Crippen LogP contribution in [0, 0.1) is 0 Å². The number of nitrogens with zero attached hydrogens (tertiary/aromatic N) is 1. The molecular formula is C11H10Cl2N2. The third-order valence-electron chi connectivity index (χ3n) is 2.13. The van der Waals surface area contributed by atoms with Gasteiger partial charge in [0.15, 0.2) is 0 Å². The van der Waals surface area contributed by atoms with E-state index in [-0.39, 0.29) is 0 Å². The molecule has 1 aromatic heterocycles. The zero-order chi connectivity index (χ0) is 10.7. The third-order valence-corrected chi connectivity index (χ3v) is 2.56. The number of benzene rings is 1. The van der Waals surface area contributed by atoms with E-state index in [1.54, 1.807) is 12.3 Å². The molecule has 1 N–H and O–H groups in total. The van der Waals surface area contributed by atoms with Crippen LogP contribution in [0.1, 0.15) is 11.4 Å². The normalized spacial score (nSPS) is 10.5. The van der Waals surface area contributed by atoms with Gasteiger partial charge >= 0.3 is 0 Å². The van der Waals surface area contributed by atoms with Crippen molar-refractivity contribution in [2.45, 2.75) is 12.8 Å². The van der Waals surface area contributed by atoms with Crippen LogP contribution >= 0.6 is 23.2 Å². The average Bonchev–Trinajstić information content (AvgIpc) is 2.65. The van der Waals surface area contributed by atoms with Gasteiger partial charge in [0.1, 0.15) is 5.82 Å². The number of aryl methyl sites for hydroxylation is 2. The maximum atomic E-state index is 5.90. The molecule has 0 aliphatic carbocycles. The molecule has 2 nitrogen and oxygen atoms in total. The van der Waals surface area contributed by atoms with Gasteiger partial charge in [0.25, 0.3) is 0 Å². The summed E-state index contributed by atoms with van der Waals surface area (Å²) in [7, 11) is 0. The van der Waals surface area contributed by atoms with Gasteiger partial charge in [-0.1, -0.05) is 23.2 Å². The van der Waals surface area contributed by atoms with E-state index in [0.29, 0.717) is 10.0 Å². The van der Waals surface area contributed by atoms with Crippen LogP contribution in [-0.4, -0.2) is 9.97 Å². The Hall–Kier alpha value is -0.990. The van der Waals surface area contributed by atoms with Gasteiger partial charge in [-0.25, -0.2) is 4.98 Å². The van der Waals surface area contributed by atoms with Crippen LogP contribution in [0.3, 0.4) is 0 Å². The lowest BCUT2D eigenvalue weighted by molar-refractivity contribution is 0.884. The first-order chi connectivity index (χ1) is 7.24. The summed E-state index contributed by atoms with van der Waals surface area (Å²) in [4.78, 5) is 7.21. The van der Waals surface area contributed by atoms with E-state index in [1.165, 1.54) is 0 Å². The molecule has 0 aliphatic rings. The van der Waals surface area contributed by atoms with Gasteiger partial charge in [-0.3, -0.25) is 0 Å². The second-order valence-electron chi connectivity index (χ2n) is 3.31. The molecule has 1 heterocycles. The van der Waals surface area contributed by atoms with E-state index in [4.69, 9.17) is 23.2 Å². The van der Waals surface area contributed by atoms with Gasteiger partial charge in [-0.15, -0.1) is 0 Å². The summed E-state index contributed by atoms with van der Waals surface area (Å²) >= 11 is 11.8. The standard InChI is InChI=1S/C11H10Cl2N2/c12-9-5-8(6-10(13)7-9)1-2-11-14-3-4-15-11/h3-7H,1-2H2,(H,14,15). The molecule has 0 bridgehead atoms. The van der Waals surface area contributed by atoms with Crippen LogP contribution in [-0.2, 0) is 12.8 Å². The second kappa shape index (κ2) is 4.69. The molecule has 0 fully saturated rings. The molecule has 0 spiro atoms. The molecule has 0 saturated carbocycles. The molecule has 2 aromatic rings. The minimum absolute atomic E-state index is 0.678. The number of aromatic amines is 1. The molecule has 0 aliphatic heterocycles. The summed E-state index contributed by atoms with van der Waals surface area (Å²) in [5.41, 5.74) is 1.13. The minimum atomic E-state index is 0.678. The van der Waals surface area contributed by atoms with Crippen molar-refractivity contribution in [1.82, 2.24) is 9.97 Å². The lowest BCUT2D eigenvalue weighted by atomic mass is 10.1. The van der Waals surface area contributed by atoms with Crippen LogP contribution < -0.4 is 0 Å². The Morgan fingerprint density at radius 1 is 1.07 bits per heavy atom. The first-order valence-electron chi connectivity index (χ1n) is 4.67. The summed E-state index contributed by atoms with van der Waals surface area (Å²) in [6.07, 6.45) is 5.32. The molecule has 0 amide bonds. The topological polar surface area (TPSA) is 28.7 Å². The first kappa shape index (κ1) is 10.5. The van der Waals surface area contributed by atoms with Crippen LogP contribution in [0.15, 0.2) is 30.6 Å². The number of rotatable bonds is 3. The van der Waals surface area contributed by atoms with Gasteiger partial charge in [0, 0.05) is 28.9 Å².